The minimum atomic E-state index is -4.56. The summed E-state index contributed by atoms with van der Waals surface area (Å²) in [5.74, 6) is 0.391. The van der Waals surface area contributed by atoms with Crippen LogP contribution in [0, 0.1) is 5.92 Å². The molecule has 2 aliphatic carbocycles. The van der Waals surface area contributed by atoms with Crippen molar-refractivity contribution >= 4 is 22.6 Å². The highest BCUT2D eigenvalue weighted by molar-refractivity contribution is 5.91. The van der Waals surface area contributed by atoms with Crippen LogP contribution in [0.2, 0.25) is 0 Å². The van der Waals surface area contributed by atoms with E-state index in [2.05, 4.69) is 26.3 Å². The minimum absolute atomic E-state index is 0.195. The molecular formula is C29H27F3N4O2. The molecule has 0 atom stereocenters. The number of halogens is 3. The van der Waals surface area contributed by atoms with Crippen LogP contribution in [0.15, 0.2) is 66.9 Å². The zero-order chi connectivity index (χ0) is 26.3. The van der Waals surface area contributed by atoms with E-state index in [0.717, 1.165) is 66.9 Å². The maximum absolute atomic E-state index is 13.4. The van der Waals surface area contributed by atoms with Gasteiger partial charge in [-0.15, -0.1) is 0 Å². The van der Waals surface area contributed by atoms with Crippen molar-refractivity contribution in [2.24, 2.45) is 5.92 Å². The van der Waals surface area contributed by atoms with Crippen LogP contribution >= 0.6 is 0 Å². The molecule has 2 fully saturated rings. The highest BCUT2D eigenvalue weighted by atomic mass is 19.4. The number of carbonyl (C=O) groups excluding carboxylic acids is 1. The fraction of sp³-hybridized carbons (Fsp3) is 0.310. The lowest BCUT2D eigenvalue weighted by Crippen LogP contribution is -2.41. The number of anilines is 1. The Hall–Kier alpha value is -4.01. The van der Waals surface area contributed by atoms with Gasteiger partial charge in [0.2, 0.25) is 5.88 Å². The summed E-state index contributed by atoms with van der Waals surface area (Å²) in [4.78, 5) is 16.0. The molecule has 0 bridgehead atoms. The number of benzene rings is 2. The molecule has 2 aliphatic rings. The summed E-state index contributed by atoms with van der Waals surface area (Å²) >= 11 is 0. The van der Waals surface area contributed by atoms with Gasteiger partial charge in [-0.3, -0.25) is 0 Å². The zero-order valence-electron chi connectivity index (χ0n) is 20.6. The van der Waals surface area contributed by atoms with Gasteiger partial charge in [0.25, 0.3) is 0 Å². The Balaban J connectivity index is 1.28. The fourth-order valence-electron chi connectivity index (χ4n) is 4.72. The van der Waals surface area contributed by atoms with Crippen LogP contribution < -0.4 is 15.4 Å². The number of amides is 2. The van der Waals surface area contributed by atoms with Crippen LogP contribution in [0.5, 0.6) is 11.6 Å². The predicted octanol–water partition coefficient (Wildman–Crippen LogP) is 7.60. The molecule has 2 amide bonds. The lowest BCUT2D eigenvalue weighted by Gasteiger charge is -2.26. The third-order valence-corrected chi connectivity index (χ3v) is 7.18. The number of hydrogen-bond acceptors (Lipinski definition) is 3. The van der Waals surface area contributed by atoms with E-state index in [-0.39, 0.29) is 12.1 Å². The number of hydrogen-bond donors (Lipinski definition) is 2. The summed E-state index contributed by atoms with van der Waals surface area (Å²) in [5.41, 5.74) is 2.67. The van der Waals surface area contributed by atoms with Crippen LogP contribution in [0.3, 0.4) is 0 Å². The highest BCUT2D eigenvalue weighted by Crippen LogP contribution is 2.39. The number of rotatable bonds is 7. The maximum Gasteiger partial charge on any atom is 0.421 e. The lowest BCUT2D eigenvalue weighted by atomic mass is 9.93. The van der Waals surface area contributed by atoms with Crippen molar-refractivity contribution in [3.05, 3.63) is 72.4 Å². The zero-order valence-corrected chi connectivity index (χ0v) is 20.6. The van der Waals surface area contributed by atoms with E-state index in [1.54, 1.807) is 12.1 Å². The molecule has 0 unspecified atom stereocenters. The van der Waals surface area contributed by atoms with E-state index in [0.29, 0.717) is 17.4 Å². The van der Waals surface area contributed by atoms with Crippen LogP contribution in [-0.2, 0) is 12.7 Å². The first-order chi connectivity index (χ1) is 18.3. The van der Waals surface area contributed by atoms with Gasteiger partial charge in [0.1, 0.15) is 11.3 Å². The van der Waals surface area contributed by atoms with Gasteiger partial charge in [-0.1, -0.05) is 12.1 Å². The van der Waals surface area contributed by atoms with E-state index < -0.39 is 17.6 Å². The molecule has 0 aliphatic heterocycles. The van der Waals surface area contributed by atoms with E-state index in [1.165, 1.54) is 12.3 Å². The van der Waals surface area contributed by atoms with Crippen molar-refractivity contribution in [3.8, 4) is 22.9 Å². The third kappa shape index (κ3) is 5.18. The van der Waals surface area contributed by atoms with Crippen molar-refractivity contribution in [3.63, 3.8) is 0 Å². The van der Waals surface area contributed by atoms with E-state index in [1.807, 2.05) is 30.3 Å². The van der Waals surface area contributed by atoms with Crippen LogP contribution in [-0.4, -0.2) is 21.6 Å². The number of carbonyl (C=O) groups is 1. The topological polar surface area (TPSA) is 68.2 Å². The smallest absolute Gasteiger partial charge is 0.421 e. The Kier molecular flexibility index (Phi) is 6.21. The number of urea groups is 1. The van der Waals surface area contributed by atoms with Crippen molar-refractivity contribution in [2.45, 2.75) is 50.9 Å². The molecule has 196 valence electrons. The highest BCUT2D eigenvalue weighted by Gasteiger charge is 2.35. The van der Waals surface area contributed by atoms with E-state index in [4.69, 9.17) is 4.74 Å². The van der Waals surface area contributed by atoms with Gasteiger partial charge in [-0.2, -0.15) is 13.2 Å². The Bertz CT molecular complexity index is 1470. The number of ether oxygens (including phenoxy) is 1. The molecule has 38 heavy (non-hydrogen) atoms. The molecule has 0 saturated heterocycles. The van der Waals surface area contributed by atoms with Crippen molar-refractivity contribution in [2.75, 3.05) is 5.32 Å². The van der Waals surface area contributed by atoms with E-state index >= 15 is 0 Å². The second-order valence-corrected chi connectivity index (χ2v) is 10.1. The average molecular weight is 521 g/mol. The summed E-state index contributed by atoms with van der Waals surface area (Å²) in [6, 6.07) is 17.3. The van der Waals surface area contributed by atoms with Crippen LogP contribution in [0.4, 0.5) is 23.7 Å². The molecule has 4 aromatic rings. The standard InChI is InChI=1S/C29H27F3N4O2/c30-29(31,32)24-5-2-14-33-27(24)38-23-13-10-20-15-25(36(26(20)16-23)17-18-6-7-18)19-8-11-22(12-9-19)35-28(37)34-21-3-1-4-21/h2,5,8-16,18,21H,1,3-4,6-7,17H2,(H2,34,35,37). The summed E-state index contributed by atoms with van der Waals surface area (Å²) < 4.78 is 48.1. The van der Waals surface area contributed by atoms with Crippen molar-refractivity contribution < 1.29 is 22.7 Å². The lowest BCUT2D eigenvalue weighted by molar-refractivity contribution is -0.138. The van der Waals surface area contributed by atoms with Gasteiger partial charge in [0.05, 0.1) is 5.52 Å². The van der Waals surface area contributed by atoms with Gasteiger partial charge >= 0.3 is 12.2 Å². The molecule has 2 aromatic carbocycles. The monoisotopic (exact) mass is 520 g/mol. The maximum atomic E-state index is 13.4. The molecule has 2 N–H and O–H groups in total. The second kappa shape index (κ2) is 9.70. The second-order valence-electron chi connectivity index (χ2n) is 10.1. The molecule has 0 radical (unpaired) electrons. The largest absolute Gasteiger partial charge is 0.438 e. The molecule has 2 heterocycles. The van der Waals surface area contributed by atoms with Crippen molar-refractivity contribution in [1.29, 1.82) is 0 Å². The Morgan fingerprint density at radius 3 is 2.50 bits per heavy atom. The Labute approximate surface area is 217 Å². The Morgan fingerprint density at radius 2 is 1.82 bits per heavy atom. The average Bonchev–Trinajstić information content (AvgIpc) is 3.62. The van der Waals surface area contributed by atoms with Crippen LogP contribution in [0.1, 0.15) is 37.7 Å². The molecule has 2 saturated carbocycles. The predicted molar refractivity (Wildman–Crippen MR) is 139 cm³/mol. The summed E-state index contributed by atoms with van der Waals surface area (Å²) in [6.45, 7) is 0.809. The number of pyridine rings is 1. The first kappa shape index (κ1) is 24.3. The van der Waals surface area contributed by atoms with Gasteiger partial charge < -0.3 is 19.9 Å². The van der Waals surface area contributed by atoms with Gasteiger partial charge in [0.15, 0.2) is 0 Å². The first-order valence-corrected chi connectivity index (χ1v) is 12.8. The van der Waals surface area contributed by atoms with E-state index in [9.17, 15) is 18.0 Å². The molecule has 9 heteroatoms. The van der Waals surface area contributed by atoms with Gasteiger partial charge in [-0.05, 0) is 86.1 Å². The summed E-state index contributed by atoms with van der Waals surface area (Å²) in [6.07, 6.45) is 2.22. The number of nitrogens with zero attached hydrogens (tertiary/aromatic N) is 2. The van der Waals surface area contributed by atoms with Gasteiger partial charge in [0, 0.05) is 41.6 Å². The minimum Gasteiger partial charge on any atom is -0.438 e. The quantitative estimate of drug-likeness (QED) is 0.264. The number of fused-ring (bicyclic) bond motifs is 1. The SMILES string of the molecule is O=C(Nc1ccc(-c2cc3ccc(Oc4ncccc4C(F)(F)F)cc3n2CC2CC2)cc1)NC1CCC1. The van der Waals surface area contributed by atoms with Crippen molar-refractivity contribution in [1.82, 2.24) is 14.9 Å². The molecule has 6 rings (SSSR count). The summed E-state index contributed by atoms with van der Waals surface area (Å²) in [5, 5.41) is 6.82. The van der Waals surface area contributed by atoms with Crippen LogP contribution in [0.25, 0.3) is 22.2 Å². The number of nitrogens with one attached hydrogen (secondary N) is 2. The number of alkyl halides is 3. The molecule has 6 nitrogen and oxygen atoms in total. The number of aromatic nitrogens is 2. The third-order valence-electron chi connectivity index (χ3n) is 7.18. The first-order valence-electron chi connectivity index (χ1n) is 12.8. The van der Waals surface area contributed by atoms with Gasteiger partial charge in [-0.25, -0.2) is 9.78 Å². The molecule has 0 spiro atoms. The fourth-order valence-corrected chi connectivity index (χ4v) is 4.72. The Morgan fingerprint density at radius 1 is 1.03 bits per heavy atom. The molecular weight excluding hydrogens is 493 g/mol. The molecule has 2 aromatic heterocycles. The normalized spacial score (nSPS) is 15.8. The summed E-state index contributed by atoms with van der Waals surface area (Å²) in [7, 11) is 0.